The van der Waals surface area contributed by atoms with E-state index in [1.807, 2.05) is 32.9 Å². The fourth-order valence-corrected chi connectivity index (χ4v) is 1.60. The summed E-state index contributed by atoms with van der Waals surface area (Å²) in [5.74, 6) is 0.461. The minimum atomic E-state index is -0.449. The molecule has 2 aromatic rings. The van der Waals surface area contributed by atoms with Crippen LogP contribution in [0, 0.1) is 5.41 Å². The summed E-state index contributed by atoms with van der Waals surface area (Å²) in [6.45, 7) is 5.57. The lowest BCUT2D eigenvalue weighted by Gasteiger charge is -2.17. The van der Waals surface area contributed by atoms with Gasteiger partial charge in [-0.15, -0.1) is 0 Å². The monoisotopic (exact) mass is 270 g/mol. The number of amides is 1. The summed E-state index contributed by atoms with van der Waals surface area (Å²) < 4.78 is 0. The van der Waals surface area contributed by atoms with E-state index in [-0.39, 0.29) is 5.91 Å². The number of nitrogens with one attached hydrogen (secondary N) is 1. The predicted octanol–water partition coefficient (Wildman–Crippen LogP) is 2.71. The lowest BCUT2D eigenvalue weighted by Crippen LogP contribution is -2.27. The van der Waals surface area contributed by atoms with Gasteiger partial charge in [0.2, 0.25) is 5.91 Å². The third-order valence-electron chi connectivity index (χ3n) is 2.85. The van der Waals surface area contributed by atoms with Gasteiger partial charge in [0.1, 0.15) is 5.82 Å². The third kappa shape index (κ3) is 3.12. The number of carbonyl (C=O) groups excluding carboxylic acids is 1. The maximum atomic E-state index is 11.9. The Morgan fingerprint density at radius 2 is 1.95 bits per heavy atom. The Kier molecular flexibility index (Phi) is 3.70. The van der Waals surface area contributed by atoms with E-state index < -0.39 is 5.41 Å². The summed E-state index contributed by atoms with van der Waals surface area (Å²) >= 11 is 0. The third-order valence-corrected chi connectivity index (χ3v) is 2.85. The first-order valence-electron chi connectivity index (χ1n) is 6.35. The zero-order valence-corrected chi connectivity index (χ0v) is 11.8. The molecule has 0 bridgehead atoms. The Morgan fingerprint density at radius 3 is 2.50 bits per heavy atom. The molecule has 5 nitrogen and oxygen atoms in total. The number of hydrogen-bond donors (Lipinski definition) is 2. The van der Waals surface area contributed by atoms with Crippen molar-refractivity contribution in [2.24, 2.45) is 5.41 Å². The molecule has 104 valence electrons. The summed E-state index contributed by atoms with van der Waals surface area (Å²) in [6.07, 6.45) is 4.97. The van der Waals surface area contributed by atoms with Crippen molar-refractivity contribution in [3.05, 3.63) is 36.8 Å². The van der Waals surface area contributed by atoms with Crippen molar-refractivity contribution in [2.75, 3.05) is 11.1 Å². The van der Waals surface area contributed by atoms with E-state index in [9.17, 15) is 4.79 Å². The van der Waals surface area contributed by atoms with E-state index >= 15 is 0 Å². The molecule has 20 heavy (non-hydrogen) atoms. The Balaban J connectivity index is 2.19. The molecular weight excluding hydrogens is 252 g/mol. The fourth-order valence-electron chi connectivity index (χ4n) is 1.60. The summed E-state index contributed by atoms with van der Waals surface area (Å²) in [5.41, 5.74) is 7.78. The maximum absolute atomic E-state index is 11.9. The smallest absolute Gasteiger partial charge is 0.230 e. The molecule has 0 fully saturated rings. The molecule has 1 amide bonds. The van der Waals surface area contributed by atoms with Crippen LogP contribution in [0.15, 0.2) is 36.8 Å². The lowest BCUT2D eigenvalue weighted by atomic mass is 9.96. The van der Waals surface area contributed by atoms with Gasteiger partial charge in [-0.3, -0.25) is 9.78 Å². The molecule has 0 aliphatic rings. The number of pyridine rings is 2. The van der Waals surface area contributed by atoms with Crippen LogP contribution in [0.4, 0.5) is 11.5 Å². The number of nitrogen functional groups attached to an aromatic ring is 1. The van der Waals surface area contributed by atoms with Crippen molar-refractivity contribution in [1.82, 2.24) is 9.97 Å². The molecule has 0 radical (unpaired) electrons. The van der Waals surface area contributed by atoms with Crippen molar-refractivity contribution in [1.29, 1.82) is 0 Å². The first-order chi connectivity index (χ1) is 9.38. The molecule has 0 unspecified atom stereocenters. The van der Waals surface area contributed by atoms with Gasteiger partial charge >= 0.3 is 0 Å². The van der Waals surface area contributed by atoms with Gasteiger partial charge in [-0.05, 0) is 18.2 Å². The van der Waals surface area contributed by atoms with E-state index in [0.29, 0.717) is 11.5 Å². The predicted molar refractivity (Wildman–Crippen MR) is 80.0 cm³/mol. The van der Waals surface area contributed by atoms with E-state index in [0.717, 1.165) is 11.1 Å². The zero-order chi connectivity index (χ0) is 14.8. The SMILES string of the molecule is CC(C)(C)C(=O)Nc1ccc(-c2ccncc2N)cn1. The van der Waals surface area contributed by atoms with Crippen LogP contribution in [0.1, 0.15) is 20.8 Å². The second-order valence-corrected chi connectivity index (χ2v) is 5.60. The van der Waals surface area contributed by atoms with Crippen molar-refractivity contribution in [2.45, 2.75) is 20.8 Å². The minimum absolute atomic E-state index is 0.0684. The first-order valence-corrected chi connectivity index (χ1v) is 6.35. The van der Waals surface area contributed by atoms with Gasteiger partial charge in [-0.2, -0.15) is 0 Å². The van der Waals surface area contributed by atoms with Crippen LogP contribution in [0.2, 0.25) is 0 Å². The van der Waals surface area contributed by atoms with Crippen molar-refractivity contribution < 1.29 is 4.79 Å². The molecule has 0 atom stereocenters. The molecule has 0 aromatic carbocycles. The summed E-state index contributed by atoms with van der Waals surface area (Å²) in [5, 5.41) is 2.78. The number of aromatic nitrogens is 2. The quantitative estimate of drug-likeness (QED) is 0.879. The Labute approximate surface area is 118 Å². The van der Waals surface area contributed by atoms with Crippen molar-refractivity contribution >= 4 is 17.4 Å². The Morgan fingerprint density at radius 1 is 1.20 bits per heavy atom. The number of carbonyl (C=O) groups is 1. The number of rotatable bonds is 2. The van der Waals surface area contributed by atoms with Crippen LogP contribution in [0.3, 0.4) is 0 Å². The molecule has 2 aromatic heterocycles. The van der Waals surface area contributed by atoms with Gasteiger partial charge in [0.05, 0.1) is 11.9 Å². The summed E-state index contributed by atoms with van der Waals surface area (Å²) in [6, 6.07) is 5.47. The van der Waals surface area contributed by atoms with Gasteiger partial charge in [0, 0.05) is 28.9 Å². The molecule has 5 heteroatoms. The number of hydrogen-bond acceptors (Lipinski definition) is 4. The van der Waals surface area contributed by atoms with Crippen LogP contribution in [0.5, 0.6) is 0 Å². The standard InChI is InChI=1S/C15H18N4O/c1-15(2,3)14(20)19-13-5-4-10(8-18-13)11-6-7-17-9-12(11)16/h4-9H,16H2,1-3H3,(H,18,19,20). The minimum Gasteiger partial charge on any atom is -0.397 e. The number of anilines is 2. The van der Waals surface area contributed by atoms with Gasteiger partial charge in [-0.1, -0.05) is 20.8 Å². The van der Waals surface area contributed by atoms with Gasteiger partial charge in [-0.25, -0.2) is 4.98 Å². The Bertz CT molecular complexity index is 615. The summed E-state index contributed by atoms with van der Waals surface area (Å²) in [7, 11) is 0. The van der Waals surface area contributed by atoms with E-state index in [1.165, 1.54) is 0 Å². The second kappa shape index (κ2) is 5.28. The first kappa shape index (κ1) is 14.0. The lowest BCUT2D eigenvalue weighted by molar-refractivity contribution is -0.123. The van der Waals surface area contributed by atoms with Gasteiger partial charge in [0.15, 0.2) is 0 Å². The Hall–Kier alpha value is -2.43. The molecule has 0 saturated heterocycles. The topological polar surface area (TPSA) is 80.9 Å². The highest BCUT2D eigenvalue weighted by atomic mass is 16.2. The molecule has 3 N–H and O–H groups in total. The molecule has 2 heterocycles. The second-order valence-electron chi connectivity index (χ2n) is 5.60. The van der Waals surface area contributed by atoms with Gasteiger partial charge in [0.25, 0.3) is 0 Å². The van der Waals surface area contributed by atoms with Crippen LogP contribution < -0.4 is 11.1 Å². The van der Waals surface area contributed by atoms with Crippen LogP contribution in [-0.4, -0.2) is 15.9 Å². The maximum Gasteiger partial charge on any atom is 0.230 e. The van der Waals surface area contributed by atoms with Crippen LogP contribution >= 0.6 is 0 Å². The molecule has 0 spiro atoms. The molecule has 0 saturated carbocycles. The van der Waals surface area contributed by atoms with E-state index in [2.05, 4.69) is 15.3 Å². The van der Waals surface area contributed by atoms with Crippen molar-refractivity contribution in [3.8, 4) is 11.1 Å². The molecular formula is C15H18N4O. The largest absolute Gasteiger partial charge is 0.397 e. The molecule has 0 aliphatic carbocycles. The zero-order valence-electron chi connectivity index (χ0n) is 11.8. The highest BCUT2D eigenvalue weighted by Crippen LogP contribution is 2.25. The highest BCUT2D eigenvalue weighted by Gasteiger charge is 2.21. The van der Waals surface area contributed by atoms with Crippen molar-refractivity contribution in [3.63, 3.8) is 0 Å². The highest BCUT2D eigenvalue weighted by molar-refractivity contribution is 5.93. The van der Waals surface area contributed by atoms with E-state index in [1.54, 1.807) is 24.7 Å². The normalized spacial score (nSPS) is 11.2. The fraction of sp³-hybridized carbons (Fsp3) is 0.267. The van der Waals surface area contributed by atoms with E-state index in [4.69, 9.17) is 5.73 Å². The number of nitrogens with two attached hydrogens (primary N) is 1. The average molecular weight is 270 g/mol. The molecule has 2 rings (SSSR count). The van der Waals surface area contributed by atoms with Crippen LogP contribution in [0.25, 0.3) is 11.1 Å². The van der Waals surface area contributed by atoms with Crippen LogP contribution in [-0.2, 0) is 4.79 Å². The van der Waals surface area contributed by atoms with Gasteiger partial charge < -0.3 is 11.1 Å². The molecule has 0 aliphatic heterocycles. The summed E-state index contributed by atoms with van der Waals surface area (Å²) in [4.78, 5) is 20.1. The number of nitrogens with zero attached hydrogens (tertiary/aromatic N) is 2. The average Bonchev–Trinajstić information content (AvgIpc) is 2.39.